The van der Waals surface area contributed by atoms with Crippen LogP contribution in [-0.2, 0) is 0 Å². The molecule has 0 aliphatic carbocycles. The van der Waals surface area contributed by atoms with E-state index in [1.165, 1.54) is 5.00 Å². The van der Waals surface area contributed by atoms with Gasteiger partial charge in [-0.3, -0.25) is 0 Å². The van der Waals surface area contributed by atoms with Gasteiger partial charge in [0.05, 0.1) is 30.9 Å². The summed E-state index contributed by atoms with van der Waals surface area (Å²) in [5.74, 6) is 1.28. The van der Waals surface area contributed by atoms with Crippen molar-refractivity contribution in [3.05, 3.63) is 40.8 Å². The lowest BCUT2D eigenvalue weighted by molar-refractivity contribution is 0.313. The van der Waals surface area contributed by atoms with E-state index < -0.39 is 0 Å². The summed E-state index contributed by atoms with van der Waals surface area (Å²) in [5.41, 5.74) is 1.43. The topological polar surface area (TPSA) is 48.7 Å². The van der Waals surface area contributed by atoms with E-state index in [-0.39, 0.29) is 12.4 Å². The SMILES string of the molecule is COc1ccc(C(C#N)=Cc2ccc(N3CCN(C)CC3)s2)cc1OC.Cl. The van der Waals surface area contributed by atoms with Crippen LogP contribution in [0.2, 0.25) is 0 Å². The highest BCUT2D eigenvalue weighted by Gasteiger charge is 2.16. The molecule has 1 aliphatic heterocycles. The van der Waals surface area contributed by atoms with Gasteiger partial charge in [-0.15, -0.1) is 23.7 Å². The van der Waals surface area contributed by atoms with Crippen LogP contribution >= 0.6 is 23.7 Å². The first-order chi connectivity index (χ1) is 12.6. The maximum Gasteiger partial charge on any atom is 0.161 e. The third kappa shape index (κ3) is 4.95. The van der Waals surface area contributed by atoms with Crippen LogP contribution in [0.4, 0.5) is 5.00 Å². The first-order valence-electron chi connectivity index (χ1n) is 8.52. The van der Waals surface area contributed by atoms with Gasteiger partial charge in [-0.1, -0.05) is 0 Å². The van der Waals surface area contributed by atoms with Crippen LogP contribution in [0.3, 0.4) is 0 Å². The standard InChI is InChI=1S/C20H23N3O2S.ClH/c1-22-8-10-23(11-9-22)20-7-5-17(26-20)12-16(14-21)15-4-6-18(24-2)19(13-15)25-3;/h4-7,12-13H,8-11H2,1-3H3;1H. The minimum atomic E-state index is 0. The molecule has 7 heteroatoms. The Labute approximate surface area is 170 Å². The average Bonchev–Trinajstić information content (AvgIpc) is 3.14. The molecule has 2 aromatic rings. The predicted octanol–water partition coefficient (Wildman–Crippen LogP) is 4.00. The summed E-state index contributed by atoms with van der Waals surface area (Å²) in [4.78, 5) is 5.82. The smallest absolute Gasteiger partial charge is 0.161 e. The second-order valence-corrected chi connectivity index (χ2v) is 7.30. The van der Waals surface area contributed by atoms with E-state index in [1.54, 1.807) is 25.6 Å². The number of methoxy groups -OCH3 is 2. The van der Waals surface area contributed by atoms with Crippen molar-refractivity contribution < 1.29 is 9.47 Å². The molecule has 1 saturated heterocycles. The van der Waals surface area contributed by atoms with Gasteiger partial charge in [-0.25, -0.2) is 0 Å². The molecule has 2 heterocycles. The Balaban J connectivity index is 0.00000261. The molecular formula is C20H24ClN3O2S. The number of hydrogen-bond acceptors (Lipinski definition) is 6. The lowest BCUT2D eigenvalue weighted by atomic mass is 10.1. The highest BCUT2D eigenvalue weighted by Crippen LogP contribution is 2.33. The van der Waals surface area contributed by atoms with Gasteiger partial charge in [0.2, 0.25) is 0 Å². The molecule has 144 valence electrons. The number of piperazine rings is 1. The highest BCUT2D eigenvalue weighted by molar-refractivity contribution is 7.17. The fraction of sp³-hybridized carbons (Fsp3) is 0.350. The number of likely N-dealkylation sites (N-methyl/N-ethyl adjacent to an activating group) is 1. The van der Waals surface area contributed by atoms with Crippen LogP contribution in [0.15, 0.2) is 30.3 Å². The third-order valence-electron chi connectivity index (χ3n) is 4.53. The lowest BCUT2D eigenvalue weighted by Gasteiger charge is -2.32. The molecule has 1 aliphatic rings. The van der Waals surface area contributed by atoms with Crippen LogP contribution in [0.1, 0.15) is 10.4 Å². The maximum absolute atomic E-state index is 9.61. The van der Waals surface area contributed by atoms with Gasteiger partial charge in [-0.2, -0.15) is 5.26 Å². The van der Waals surface area contributed by atoms with Crippen molar-refractivity contribution in [1.29, 1.82) is 5.26 Å². The second kappa shape index (κ2) is 9.65. The molecule has 1 aromatic heterocycles. The molecule has 0 amide bonds. The molecule has 0 atom stereocenters. The number of hydrogen-bond donors (Lipinski definition) is 0. The quantitative estimate of drug-likeness (QED) is 0.703. The number of thiophene rings is 1. The number of ether oxygens (including phenoxy) is 2. The Morgan fingerprint density at radius 2 is 1.78 bits per heavy atom. The Morgan fingerprint density at radius 1 is 1.07 bits per heavy atom. The lowest BCUT2D eigenvalue weighted by Crippen LogP contribution is -2.44. The summed E-state index contributed by atoms with van der Waals surface area (Å²) in [6, 6.07) is 12.1. The molecular weight excluding hydrogens is 382 g/mol. The van der Waals surface area contributed by atoms with Gasteiger partial charge in [0, 0.05) is 31.1 Å². The van der Waals surface area contributed by atoms with E-state index in [9.17, 15) is 5.26 Å². The largest absolute Gasteiger partial charge is 0.493 e. The molecule has 0 bridgehead atoms. The van der Waals surface area contributed by atoms with Crippen LogP contribution in [0.5, 0.6) is 11.5 Å². The predicted molar refractivity (Wildman–Crippen MR) is 114 cm³/mol. The molecule has 0 spiro atoms. The fourth-order valence-corrected chi connectivity index (χ4v) is 3.94. The van der Waals surface area contributed by atoms with Gasteiger partial charge in [0.1, 0.15) is 0 Å². The van der Waals surface area contributed by atoms with Gasteiger partial charge < -0.3 is 19.3 Å². The van der Waals surface area contributed by atoms with Crippen LogP contribution in [0.25, 0.3) is 11.6 Å². The minimum absolute atomic E-state index is 0. The van der Waals surface area contributed by atoms with E-state index >= 15 is 0 Å². The summed E-state index contributed by atoms with van der Waals surface area (Å²) >= 11 is 1.72. The van der Waals surface area contributed by atoms with E-state index in [0.29, 0.717) is 17.1 Å². The minimum Gasteiger partial charge on any atom is -0.493 e. The Morgan fingerprint density at radius 3 is 2.41 bits per heavy atom. The van der Waals surface area contributed by atoms with Gasteiger partial charge in [0.15, 0.2) is 11.5 Å². The third-order valence-corrected chi connectivity index (χ3v) is 5.62. The van der Waals surface area contributed by atoms with Crippen molar-refractivity contribution in [2.24, 2.45) is 0 Å². The van der Waals surface area contributed by atoms with E-state index in [4.69, 9.17) is 9.47 Å². The maximum atomic E-state index is 9.61. The molecule has 3 rings (SSSR count). The molecule has 0 saturated carbocycles. The first kappa shape index (κ1) is 21.1. The molecule has 0 radical (unpaired) electrons. The van der Waals surface area contributed by atoms with E-state index in [1.807, 2.05) is 24.3 Å². The van der Waals surface area contributed by atoms with Crippen LogP contribution in [0, 0.1) is 11.3 Å². The number of allylic oxidation sites excluding steroid dienone is 1. The zero-order valence-electron chi connectivity index (χ0n) is 15.8. The van der Waals surface area contributed by atoms with Crippen molar-refractivity contribution >= 4 is 40.4 Å². The normalized spacial score (nSPS) is 15.0. The summed E-state index contributed by atoms with van der Waals surface area (Å²) in [5, 5.41) is 10.9. The second-order valence-electron chi connectivity index (χ2n) is 6.21. The van der Waals surface area contributed by atoms with Gasteiger partial charge in [-0.05, 0) is 49.0 Å². The fourth-order valence-electron chi connectivity index (χ4n) is 2.94. The van der Waals surface area contributed by atoms with Crippen molar-refractivity contribution in [2.45, 2.75) is 0 Å². The molecule has 27 heavy (non-hydrogen) atoms. The number of nitriles is 1. The summed E-state index contributed by atoms with van der Waals surface area (Å²) in [6.07, 6.45) is 1.94. The zero-order valence-corrected chi connectivity index (χ0v) is 17.4. The monoisotopic (exact) mass is 405 g/mol. The van der Waals surface area contributed by atoms with Gasteiger partial charge >= 0.3 is 0 Å². The van der Waals surface area contributed by atoms with Crippen LogP contribution in [-0.4, -0.2) is 52.3 Å². The number of benzene rings is 1. The van der Waals surface area contributed by atoms with Gasteiger partial charge in [0.25, 0.3) is 0 Å². The molecule has 0 unspecified atom stereocenters. The van der Waals surface area contributed by atoms with Crippen LogP contribution < -0.4 is 14.4 Å². The Kier molecular flexibility index (Phi) is 7.55. The molecule has 0 N–H and O–H groups in total. The molecule has 1 aromatic carbocycles. The number of rotatable bonds is 5. The first-order valence-corrected chi connectivity index (χ1v) is 9.33. The molecule has 1 fully saturated rings. The highest BCUT2D eigenvalue weighted by atomic mass is 35.5. The zero-order chi connectivity index (χ0) is 18.5. The van der Waals surface area contributed by atoms with Crippen molar-refractivity contribution in [2.75, 3.05) is 52.3 Å². The van der Waals surface area contributed by atoms with E-state index in [0.717, 1.165) is 36.6 Å². The Bertz CT molecular complexity index is 836. The van der Waals surface area contributed by atoms with Crippen molar-refractivity contribution in [3.8, 4) is 17.6 Å². The average molecular weight is 406 g/mol. The summed E-state index contributed by atoms with van der Waals surface area (Å²) in [6.45, 7) is 4.25. The molecule has 5 nitrogen and oxygen atoms in total. The van der Waals surface area contributed by atoms with Crippen molar-refractivity contribution in [3.63, 3.8) is 0 Å². The number of anilines is 1. The van der Waals surface area contributed by atoms with Crippen molar-refractivity contribution in [1.82, 2.24) is 4.90 Å². The number of nitrogens with zero attached hydrogens (tertiary/aromatic N) is 3. The van der Waals surface area contributed by atoms with E-state index in [2.05, 4.69) is 35.0 Å². The number of halogens is 1. The Hall–Kier alpha value is -2.20. The summed E-state index contributed by atoms with van der Waals surface area (Å²) < 4.78 is 10.6. The summed E-state index contributed by atoms with van der Waals surface area (Å²) in [7, 11) is 5.35.